The number of fused-ring (bicyclic) bond motifs is 3. The zero-order chi connectivity index (χ0) is 23.2. The SMILES string of the molecule is CCc1cc(CCC(=O)c2sc(C)c3c2C[C@@H]2[C@H]3C2(C)C)cc(CC)c1OC[C@H](O)CO. The monoisotopic (exact) mass is 456 g/mol. The number of aliphatic hydroxyl groups excluding tert-OH is 2. The quantitative estimate of drug-likeness (QED) is 0.493. The molecule has 0 bridgehead atoms. The summed E-state index contributed by atoms with van der Waals surface area (Å²) in [6.07, 6.45) is 3.08. The topological polar surface area (TPSA) is 66.8 Å². The molecule has 0 aliphatic heterocycles. The summed E-state index contributed by atoms with van der Waals surface area (Å²) in [5, 5.41) is 18.7. The van der Waals surface area contributed by atoms with Crippen LogP contribution in [0.25, 0.3) is 0 Å². The van der Waals surface area contributed by atoms with Gasteiger partial charge in [0, 0.05) is 11.3 Å². The van der Waals surface area contributed by atoms with E-state index in [1.54, 1.807) is 11.3 Å². The number of ketones is 1. The molecule has 0 spiro atoms. The maximum Gasteiger partial charge on any atom is 0.173 e. The second-order valence-electron chi connectivity index (χ2n) is 10.0. The molecule has 32 heavy (non-hydrogen) atoms. The molecule has 0 unspecified atom stereocenters. The van der Waals surface area contributed by atoms with Crippen molar-refractivity contribution in [3.05, 3.63) is 49.7 Å². The molecule has 2 N–H and O–H groups in total. The average Bonchev–Trinajstić information content (AvgIpc) is 3.10. The van der Waals surface area contributed by atoms with E-state index >= 15 is 0 Å². The fourth-order valence-electron chi connectivity index (χ4n) is 5.64. The van der Waals surface area contributed by atoms with Gasteiger partial charge >= 0.3 is 0 Å². The number of ether oxygens (including phenoxy) is 1. The van der Waals surface area contributed by atoms with Crippen LogP contribution in [0.15, 0.2) is 12.1 Å². The molecule has 1 fully saturated rings. The third-order valence-electron chi connectivity index (χ3n) is 7.61. The second-order valence-corrected chi connectivity index (χ2v) is 11.2. The molecule has 0 saturated heterocycles. The average molecular weight is 457 g/mol. The molecule has 1 heterocycles. The van der Waals surface area contributed by atoms with Crippen LogP contribution in [-0.2, 0) is 25.7 Å². The zero-order valence-corrected chi connectivity index (χ0v) is 20.8. The van der Waals surface area contributed by atoms with Crippen molar-refractivity contribution in [2.45, 2.75) is 78.7 Å². The lowest BCUT2D eigenvalue weighted by molar-refractivity contribution is 0.0530. The van der Waals surface area contributed by atoms with Gasteiger partial charge in [0.2, 0.25) is 0 Å². The molecule has 1 saturated carbocycles. The molecule has 4 nitrogen and oxygen atoms in total. The van der Waals surface area contributed by atoms with Crippen molar-refractivity contribution in [2.75, 3.05) is 13.2 Å². The summed E-state index contributed by atoms with van der Waals surface area (Å²) >= 11 is 1.71. The molecule has 2 aromatic rings. The normalized spacial score (nSPS) is 21.2. The van der Waals surface area contributed by atoms with Crippen molar-refractivity contribution in [1.82, 2.24) is 0 Å². The van der Waals surface area contributed by atoms with Crippen molar-refractivity contribution < 1.29 is 19.7 Å². The Hall–Kier alpha value is -1.69. The van der Waals surface area contributed by atoms with E-state index in [0.29, 0.717) is 17.8 Å². The maximum atomic E-state index is 13.2. The van der Waals surface area contributed by atoms with E-state index in [1.807, 2.05) is 0 Å². The number of carbonyl (C=O) groups excluding carboxylic acids is 1. The van der Waals surface area contributed by atoms with E-state index in [4.69, 9.17) is 9.84 Å². The summed E-state index contributed by atoms with van der Waals surface area (Å²) in [4.78, 5) is 15.5. The summed E-state index contributed by atoms with van der Waals surface area (Å²) in [5.41, 5.74) is 6.58. The highest BCUT2D eigenvalue weighted by molar-refractivity contribution is 7.14. The van der Waals surface area contributed by atoms with Crippen LogP contribution < -0.4 is 4.74 Å². The van der Waals surface area contributed by atoms with Gasteiger partial charge in [-0.25, -0.2) is 0 Å². The fraction of sp³-hybridized carbons (Fsp3) is 0.593. The summed E-state index contributed by atoms with van der Waals surface area (Å²) < 4.78 is 5.86. The number of carbonyl (C=O) groups is 1. The first-order valence-electron chi connectivity index (χ1n) is 11.9. The van der Waals surface area contributed by atoms with E-state index in [1.165, 1.54) is 16.0 Å². The first kappa shape index (κ1) is 23.5. The highest BCUT2D eigenvalue weighted by Gasteiger charge is 2.63. The minimum atomic E-state index is -0.880. The van der Waals surface area contributed by atoms with Crippen LogP contribution in [0.5, 0.6) is 5.75 Å². The largest absolute Gasteiger partial charge is 0.490 e. The molecule has 0 radical (unpaired) electrons. The van der Waals surface area contributed by atoms with Gasteiger partial charge in [0.15, 0.2) is 5.78 Å². The lowest BCUT2D eigenvalue weighted by atomic mass is 9.93. The third kappa shape index (κ3) is 4.04. The van der Waals surface area contributed by atoms with Crippen molar-refractivity contribution >= 4 is 17.1 Å². The molecule has 2 aliphatic rings. The van der Waals surface area contributed by atoms with Gasteiger partial charge in [-0.1, -0.05) is 39.8 Å². The minimum absolute atomic E-state index is 0.0793. The maximum absolute atomic E-state index is 13.2. The van der Waals surface area contributed by atoms with Crippen LogP contribution in [-0.4, -0.2) is 35.3 Å². The van der Waals surface area contributed by atoms with E-state index in [9.17, 15) is 9.90 Å². The Morgan fingerprint density at radius 3 is 2.50 bits per heavy atom. The molecular weight excluding hydrogens is 420 g/mol. The van der Waals surface area contributed by atoms with Gasteiger partial charge in [-0.2, -0.15) is 0 Å². The van der Waals surface area contributed by atoms with Gasteiger partial charge in [0.25, 0.3) is 0 Å². The van der Waals surface area contributed by atoms with Crippen LogP contribution in [0.4, 0.5) is 0 Å². The number of hydrogen-bond acceptors (Lipinski definition) is 5. The Morgan fingerprint density at radius 2 is 1.91 bits per heavy atom. The van der Waals surface area contributed by atoms with Crippen molar-refractivity contribution in [3.63, 3.8) is 0 Å². The van der Waals surface area contributed by atoms with Gasteiger partial charge in [0.05, 0.1) is 11.5 Å². The molecular formula is C27H36O4S. The number of rotatable bonds is 10. The number of aliphatic hydroxyl groups is 2. The van der Waals surface area contributed by atoms with Crippen LogP contribution >= 0.6 is 11.3 Å². The molecule has 5 heteroatoms. The molecule has 4 rings (SSSR count). The summed E-state index contributed by atoms with van der Waals surface area (Å²) in [7, 11) is 0. The fourth-order valence-corrected chi connectivity index (χ4v) is 6.84. The first-order valence-corrected chi connectivity index (χ1v) is 12.8. The van der Waals surface area contributed by atoms with E-state index in [2.05, 4.69) is 46.8 Å². The number of Topliss-reactive ketones (excluding diaryl/α,β-unsaturated/α-hetero) is 1. The predicted molar refractivity (Wildman–Crippen MR) is 129 cm³/mol. The Labute approximate surface area is 195 Å². The smallest absolute Gasteiger partial charge is 0.173 e. The summed E-state index contributed by atoms with van der Waals surface area (Å²) in [5.74, 6) is 2.47. The molecule has 174 valence electrons. The summed E-state index contributed by atoms with van der Waals surface area (Å²) in [6.45, 7) is 10.8. The lowest BCUT2D eigenvalue weighted by Crippen LogP contribution is -2.22. The van der Waals surface area contributed by atoms with Crippen LogP contribution in [0, 0.1) is 18.3 Å². The van der Waals surface area contributed by atoms with Crippen LogP contribution in [0.1, 0.15) is 82.4 Å². The predicted octanol–water partition coefficient (Wildman–Crippen LogP) is 5.02. The Balaban J connectivity index is 1.48. The van der Waals surface area contributed by atoms with E-state index in [-0.39, 0.29) is 19.0 Å². The standard InChI is InChI=1S/C27H36O4S/c1-6-17-10-16(11-18(7-2)25(17)31-14-19(29)13-28)8-9-22(30)26-20-12-21-24(27(21,4)5)23(20)15(3)32-26/h10-11,19,21,24,28-29H,6-9,12-14H2,1-5H3/t19-,21-,24-/m1/s1. The van der Waals surface area contributed by atoms with Crippen molar-refractivity contribution in [1.29, 1.82) is 0 Å². The lowest BCUT2D eigenvalue weighted by Gasteiger charge is -2.18. The molecule has 0 amide bonds. The molecule has 1 aromatic heterocycles. The van der Waals surface area contributed by atoms with Crippen LogP contribution in [0.2, 0.25) is 0 Å². The Morgan fingerprint density at radius 1 is 1.25 bits per heavy atom. The van der Waals surface area contributed by atoms with Crippen molar-refractivity contribution in [2.24, 2.45) is 11.3 Å². The highest BCUT2D eigenvalue weighted by atomic mass is 32.1. The zero-order valence-electron chi connectivity index (χ0n) is 20.0. The number of hydrogen-bond donors (Lipinski definition) is 2. The minimum Gasteiger partial charge on any atom is -0.490 e. The van der Waals surface area contributed by atoms with E-state index in [0.717, 1.165) is 58.9 Å². The van der Waals surface area contributed by atoms with Gasteiger partial charge in [-0.15, -0.1) is 11.3 Å². The number of benzene rings is 1. The summed E-state index contributed by atoms with van der Waals surface area (Å²) in [6, 6.07) is 4.27. The van der Waals surface area contributed by atoms with Crippen molar-refractivity contribution in [3.8, 4) is 5.75 Å². The van der Waals surface area contributed by atoms with Gasteiger partial charge < -0.3 is 14.9 Å². The Kier molecular flexibility index (Phi) is 6.54. The van der Waals surface area contributed by atoms with E-state index < -0.39 is 6.10 Å². The van der Waals surface area contributed by atoms with Gasteiger partial charge in [-0.3, -0.25) is 4.79 Å². The van der Waals surface area contributed by atoms with Crippen LogP contribution in [0.3, 0.4) is 0 Å². The highest BCUT2D eigenvalue weighted by Crippen LogP contribution is 2.71. The number of aryl methyl sites for hydroxylation is 4. The number of thiophene rings is 1. The molecule has 1 aromatic carbocycles. The molecule has 3 atom stereocenters. The third-order valence-corrected chi connectivity index (χ3v) is 8.81. The second kappa shape index (κ2) is 8.92. The molecule has 2 aliphatic carbocycles. The van der Waals surface area contributed by atoms with Gasteiger partial charge in [0.1, 0.15) is 18.5 Å². The Bertz CT molecular complexity index is 994. The van der Waals surface area contributed by atoms with Gasteiger partial charge in [-0.05, 0) is 77.7 Å². The first-order chi connectivity index (χ1) is 15.2.